The van der Waals surface area contributed by atoms with Gasteiger partial charge in [-0.1, -0.05) is 26.2 Å². The van der Waals surface area contributed by atoms with E-state index in [0.29, 0.717) is 85.6 Å². The molecule has 0 bridgehead atoms. The van der Waals surface area contributed by atoms with Crippen LogP contribution in [0.5, 0.6) is 0 Å². The maximum atomic E-state index is 11.3. The number of ether oxygens (including phenoxy) is 6. The summed E-state index contributed by atoms with van der Waals surface area (Å²) in [5.74, 6) is -1.23. The van der Waals surface area contributed by atoms with E-state index in [1.54, 1.807) is 0 Å². The third-order valence-corrected chi connectivity index (χ3v) is 4.36. The summed E-state index contributed by atoms with van der Waals surface area (Å²) in [6, 6.07) is 0. The minimum atomic E-state index is -0.974. The number of carbonyl (C=O) groups is 2. The van der Waals surface area contributed by atoms with E-state index in [-0.39, 0.29) is 18.7 Å². The Morgan fingerprint density at radius 1 is 0.576 bits per heavy atom. The summed E-state index contributed by atoms with van der Waals surface area (Å²) in [6.45, 7) is 9.28. The van der Waals surface area contributed by atoms with Gasteiger partial charge in [-0.2, -0.15) is 0 Å². The SMILES string of the molecule is CCCCCCOCCOCCOCCOCCOCCOCCCNC(=O)CCC(=O)O. The molecule has 2 N–H and O–H groups in total. The highest BCUT2D eigenvalue weighted by Gasteiger charge is 2.04. The van der Waals surface area contributed by atoms with Crippen LogP contribution in [0.2, 0.25) is 0 Å². The average molecular weight is 480 g/mol. The van der Waals surface area contributed by atoms with Crippen molar-refractivity contribution < 1.29 is 43.1 Å². The van der Waals surface area contributed by atoms with Crippen LogP contribution in [0, 0.1) is 0 Å². The zero-order chi connectivity index (χ0) is 24.2. The van der Waals surface area contributed by atoms with Crippen molar-refractivity contribution in [3.05, 3.63) is 0 Å². The highest BCUT2D eigenvalue weighted by molar-refractivity contribution is 5.80. The molecule has 0 fully saturated rings. The maximum absolute atomic E-state index is 11.3. The third-order valence-electron chi connectivity index (χ3n) is 4.36. The molecule has 33 heavy (non-hydrogen) atoms. The molecule has 0 aromatic rings. The molecule has 0 aliphatic rings. The van der Waals surface area contributed by atoms with Crippen molar-refractivity contribution in [2.24, 2.45) is 0 Å². The lowest BCUT2D eigenvalue weighted by atomic mass is 10.2. The molecule has 1 amide bonds. The Balaban J connectivity index is 3.08. The van der Waals surface area contributed by atoms with E-state index in [0.717, 1.165) is 13.0 Å². The van der Waals surface area contributed by atoms with E-state index in [1.165, 1.54) is 19.3 Å². The number of nitrogens with one attached hydrogen (secondary N) is 1. The molecule has 0 atom stereocenters. The van der Waals surface area contributed by atoms with Crippen molar-refractivity contribution in [1.29, 1.82) is 0 Å². The van der Waals surface area contributed by atoms with Gasteiger partial charge in [-0.15, -0.1) is 0 Å². The van der Waals surface area contributed by atoms with E-state index in [1.807, 2.05) is 0 Å². The zero-order valence-electron chi connectivity index (χ0n) is 20.4. The minimum Gasteiger partial charge on any atom is -0.481 e. The summed E-state index contributed by atoms with van der Waals surface area (Å²) in [5.41, 5.74) is 0. The number of hydrogen-bond acceptors (Lipinski definition) is 8. The second-order valence-electron chi connectivity index (χ2n) is 7.33. The fraction of sp³-hybridized carbons (Fsp3) is 0.913. The summed E-state index contributed by atoms with van der Waals surface area (Å²) < 4.78 is 32.6. The number of hydrogen-bond donors (Lipinski definition) is 2. The van der Waals surface area contributed by atoms with Crippen LogP contribution >= 0.6 is 0 Å². The molecule has 0 heterocycles. The first-order chi connectivity index (χ1) is 16.2. The summed E-state index contributed by atoms with van der Waals surface area (Å²) in [7, 11) is 0. The molecular formula is C23H45NO9. The smallest absolute Gasteiger partial charge is 0.303 e. The Bertz CT molecular complexity index is 438. The molecule has 0 saturated carbocycles. The van der Waals surface area contributed by atoms with Gasteiger partial charge in [-0.25, -0.2) is 0 Å². The van der Waals surface area contributed by atoms with Crippen LogP contribution in [-0.4, -0.2) is 103 Å². The fourth-order valence-electron chi connectivity index (χ4n) is 2.54. The van der Waals surface area contributed by atoms with E-state index in [2.05, 4.69) is 12.2 Å². The van der Waals surface area contributed by atoms with Gasteiger partial charge in [0.25, 0.3) is 0 Å². The molecule has 0 aliphatic heterocycles. The monoisotopic (exact) mass is 479 g/mol. The van der Waals surface area contributed by atoms with E-state index < -0.39 is 5.97 Å². The van der Waals surface area contributed by atoms with Crippen LogP contribution in [0.15, 0.2) is 0 Å². The summed E-state index contributed by atoms with van der Waals surface area (Å²) in [6.07, 6.45) is 5.39. The normalized spacial score (nSPS) is 11.1. The largest absolute Gasteiger partial charge is 0.481 e. The number of carboxylic acid groups (broad SMARTS) is 1. The Hall–Kier alpha value is -1.30. The molecule has 10 heteroatoms. The van der Waals surface area contributed by atoms with Crippen LogP contribution in [0.4, 0.5) is 0 Å². The molecule has 0 aromatic carbocycles. The molecule has 0 rings (SSSR count). The Labute approximate surface area is 198 Å². The summed E-state index contributed by atoms with van der Waals surface area (Å²) >= 11 is 0. The molecule has 10 nitrogen and oxygen atoms in total. The van der Waals surface area contributed by atoms with E-state index in [9.17, 15) is 9.59 Å². The summed E-state index contributed by atoms with van der Waals surface area (Å²) in [4.78, 5) is 21.7. The van der Waals surface area contributed by atoms with Gasteiger partial charge in [-0.05, 0) is 12.8 Å². The molecular weight excluding hydrogens is 434 g/mol. The topological polar surface area (TPSA) is 122 Å². The van der Waals surface area contributed by atoms with Gasteiger partial charge in [0.05, 0.1) is 72.5 Å². The van der Waals surface area contributed by atoms with Crippen molar-refractivity contribution in [2.45, 2.75) is 51.9 Å². The van der Waals surface area contributed by atoms with Crippen LogP contribution in [0.1, 0.15) is 51.9 Å². The standard InChI is InChI=1S/C23H45NO9/c1-2-3-4-5-10-28-12-14-30-16-18-32-20-21-33-19-17-31-15-13-29-11-6-9-24-22(25)7-8-23(26)27/h2-21H2,1H3,(H,24,25)(H,26,27). The molecule has 0 spiro atoms. The average Bonchev–Trinajstić information content (AvgIpc) is 2.80. The van der Waals surface area contributed by atoms with Gasteiger partial charge in [-0.3, -0.25) is 9.59 Å². The van der Waals surface area contributed by atoms with Crippen molar-refractivity contribution >= 4 is 11.9 Å². The van der Waals surface area contributed by atoms with Crippen molar-refractivity contribution in [1.82, 2.24) is 5.32 Å². The number of amides is 1. The van der Waals surface area contributed by atoms with Crippen LogP contribution in [0.3, 0.4) is 0 Å². The molecule has 196 valence electrons. The first-order valence-corrected chi connectivity index (χ1v) is 12.1. The van der Waals surface area contributed by atoms with Crippen molar-refractivity contribution in [3.8, 4) is 0 Å². The molecule has 0 unspecified atom stereocenters. The Morgan fingerprint density at radius 2 is 1.00 bits per heavy atom. The first-order valence-electron chi connectivity index (χ1n) is 12.1. The predicted octanol–water partition coefficient (Wildman–Crippen LogP) is 2.04. The van der Waals surface area contributed by atoms with Gasteiger partial charge in [0.2, 0.25) is 5.91 Å². The van der Waals surface area contributed by atoms with E-state index >= 15 is 0 Å². The van der Waals surface area contributed by atoms with Crippen molar-refractivity contribution in [2.75, 3.05) is 85.8 Å². The molecule has 0 radical (unpaired) electrons. The number of aliphatic carboxylic acids is 1. The van der Waals surface area contributed by atoms with Gasteiger partial charge in [0.1, 0.15) is 0 Å². The van der Waals surface area contributed by atoms with Gasteiger partial charge in [0.15, 0.2) is 0 Å². The minimum absolute atomic E-state index is 0.00182. The highest BCUT2D eigenvalue weighted by Crippen LogP contribution is 1.98. The fourth-order valence-corrected chi connectivity index (χ4v) is 2.54. The lowest BCUT2D eigenvalue weighted by molar-refractivity contribution is -0.138. The summed E-state index contributed by atoms with van der Waals surface area (Å²) in [5, 5.41) is 11.1. The van der Waals surface area contributed by atoms with E-state index in [4.69, 9.17) is 33.5 Å². The number of rotatable bonds is 27. The number of unbranched alkanes of at least 4 members (excludes halogenated alkanes) is 3. The van der Waals surface area contributed by atoms with Crippen LogP contribution in [0.25, 0.3) is 0 Å². The van der Waals surface area contributed by atoms with Gasteiger partial charge < -0.3 is 38.8 Å². The van der Waals surface area contributed by atoms with Crippen LogP contribution < -0.4 is 5.32 Å². The first kappa shape index (κ1) is 31.7. The molecule has 0 aliphatic carbocycles. The molecule has 0 aromatic heterocycles. The Morgan fingerprint density at radius 3 is 1.42 bits per heavy atom. The predicted molar refractivity (Wildman–Crippen MR) is 124 cm³/mol. The number of carboxylic acids is 1. The van der Waals surface area contributed by atoms with Gasteiger partial charge >= 0.3 is 5.97 Å². The lowest BCUT2D eigenvalue weighted by Crippen LogP contribution is -2.25. The Kier molecular flexibility index (Phi) is 25.9. The quantitative estimate of drug-likeness (QED) is 0.170. The lowest BCUT2D eigenvalue weighted by Gasteiger charge is -2.08. The zero-order valence-corrected chi connectivity index (χ0v) is 20.4. The number of carbonyl (C=O) groups excluding carboxylic acids is 1. The maximum Gasteiger partial charge on any atom is 0.303 e. The molecule has 0 saturated heterocycles. The van der Waals surface area contributed by atoms with Gasteiger partial charge in [0, 0.05) is 26.2 Å². The van der Waals surface area contributed by atoms with Crippen molar-refractivity contribution in [3.63, 3.8) is 0 Å². The highest BCUT2D eigenvalue weighted by atomic mass is 16.6. The third kappa shape index (κ3) is 28.7. The second-order valence-corrected chi connectivity index (χ2v) is 7.33. The second kappa shape index (κ2) is 26.9. The van der Waals surface area contributed by atoms with Crippen LogP contribution in [-0.2, 0) is 38.0 Å².